The molecule has 1 aromatic carbocycles. The predicted molar refractivity (Wildman–Crippen MR) is 70.2 cm³/mol. The van der Waals surface area contributed by atoms with E-state index in [2.05, 4.69) is 25.3 Å². The lowest BCUT2D eigenvalue weighted by molar-refractivity contribution is 1.10. The van der Waals surface area contributed by atoms with Crippen LogP contribution in [-0.2, 0) is 6.54 Å². The van der Waals surface area contributed by atoms with Crippen LogP contribution in [0.3, 0.4) is 0 Å². The zero-order valence-corrected chi connectivity index (χ0v) is 9.96. The number of hydrogen-bond donors (Lipinski definition) is 2. The summed E-state index contributed by atoms with van der Waals surface area (Å²) in [5.74, 6) is 0.852. The Labute approximate surface area is 109 Å². The maximum atomic E-state index is 8.83. The van der Waals surface area contributed by atoms with E-state index in [1.165, 1.54) is 6.33 Å². The second-order valence-electron chi connectivity index (χ2n) is 3.96. The van der Waals surface area contributed by atoms with Gasteiger partial charge in [-0.05, 0) is 5.56 Å². The number of H-pyrrole nitrogens is 1. The summed E-state index contributed by atoms with van der Waals surface area (Å²) in [4.78, 5) is 15.2. The zero-order chi connectivity index (χ0) is 13.1. The van der Waals surface area contributed by atoms with Crippen LogP contribution in [0.2, 0.25) is 0 Å². The van der Waals surface area contributed by atoms with Crippen LogP contribution in [0.1, 0.15) is 11.4 Å². The van der Waals surface area contributed by atoms with Crippen molar-refractivity contribution in [2.24, 2.45) is 0 Å². The van der Waals surface area contributed by atoms with E-state index in [0.717, 1.165) is 5.56 Å². The Morgan fingerprint density at radius 2 is 2.05 bits per heavy atom. The highest BCUT2D eigenvalue weighted by atomic mass is 15.1. The van der Waals surface area contributed by atoms with Crippen molar-refractivity contribution in [2.45, 2.75) is 6.54 Å². The van der Waals surface area contributed by atoms with Gasteiger partial charge in [0.2, 0.25) is 5.82 Å². The number of anilines is 1. The molecule has 0 aliphatic heterocycles. The summed E-state index contributed by atoms with van der Waals surface area (Å²) in [6.07, 6.45) is 1.44. The van der Waals surface area contributed by atoms with E-state index in [0.29, 0.717) is 23.5 Å². The Balaban J connectivity index is 1.89. The molecule has 0 atom stereocenters. The molecule has 0 saturated carbocycles. The third kappa shape index (κ3) is 2.21. The molecule has 92 valence electrons. The smallest absolute Gasteiger partial charge is 0.212 e. The van der Waals surface area contributed by atoms with Crippen LogP contribution in [0.25, 0.3) is 11.2 Å². The molecular weight excluding hydrogens is 240 g/mol. The molecule has 0 saturated heterocycles. The predicted octanol–water partition coefficient (Wildman–Crippen LogP) is 1.84. The normalized spacial score (nSPS) is 10.3. The minimum absolute atomic E-state index is 0.235. The summed E-state index contributed by atoms with van der Waals surface area (Å²) in [7, 11) is 0. The van der Waals surface area contributed by atoms with E-state index in [4.69, 9.17) is 5.26 Å². The molecule has 0 spiro atoms. The number of hydrogen-bond acceptors (Lipinski definition) is 5. The van der Waals surface area contributed by atoms with Gasteiger partial charge >= 0.3 is 0 Å². The summed E-state index contributed by atoms with van der Waals surface area (Å²) < 4.78 is 0. The van der Waals surface area contributed by atoms with Crippen LogP contribution in [0.15, 0.2) is 36.7 Å². The summed E-state index contributed by atoms with van der Waals surface area (Å²) in [6, 6.07) is 11.9. The SMILES string of the molecule is N#Cc1nc2c(NCc3ccccc3)ncnc2[nH]1. The fraction of sp³-hybridized carbons (Fsp3) is 0.0769. The number of rotatable bonds is 3. The van der Waals surface area contributed by atoms with Gasteiger partial charge in [-0.15, -0.1) is 0 Å². The number of aromatic nitrogens is 4. The van der Waals surface area contributed by atoms with E-state index < -0.39 is 0 Å². The van der Waals surface area contributed by atoms with Crippen molar-refractivity contribution in [3.8, 4) is 6.07 Å². The largest absolute Gasteiger partial charge is 0.364 e. The van der Waals surface area contributed by atoms with E-state index in [-0.39, 0.29) is 5.82 Å². The molecule has 6 heteroatoms. The Hall–Kier alpha value is -2.94. The second-order valence-corrected chi connectivity index (χ2v) is 3.96. The number of benzene rings is 1. The lowest BCUT2D eigenvalue weighted by Crippen LogP contribution is -2.02. The van der Waals surface area contributed by atoms with Gasteiger partial charge in [0.15, 0.2) is 17.0 Å². The van der Waals surface area contributed by atoms with Crippen molar-refractivity contribution in [2.75, 3.05) is 5.32 Å². The number of nitrogens with one attached hydrogen (secondary N) is 2. The van der Waals surface area contributed by atoms with Gasteiger partial charge in [0.25, 0.3) is 0 Å². The molecule has 0 aliphatic rings. The van der Waals surface area contributed by atoms with E-state index >= 15 is 0 Å². The minimum atomic E-state index is 0.235. The zero-order valence-electron chi connectivity index (χ0n) is 9.96. The molecule has 0 bridgehead atoms. The molecular formula is C13H10N6. The fourth-order valence-electron chi connectivity index (χ4n) is 1.79. The molecule has 0 fully saturated rings. The van der Waals surface area contributed by atoms with Gasteiger partial charge in [0.05, 0.1) is 0 Å². The first-order valence-electron chi connectivity index (χ1n) is 5.75. The van der Waals surface area contributed by atoms with Crippen LogP contribution in [0, 0.1) is 11.3 Å². The summed E-state index contributed by atoms with van der Waals surface area (Å²) in [5.41, 5.74) is 2.28. The Morgan fingerprint density at radius 3 is 2.84 bits per heavy atom. The first-order valence-corrected chi connectivity index (χ1v) is 5.75. The van der Waals surface area contributed by atoms with Gasteiger partial charge in [-0.3, -0.25) is 0 Å². The van der Waals surface area contributed by atoms with Crippen molar-refractivity contribution < 1.29 is 0 Å². The van der Waals surface area contributed by atoms with Crippen LogP contribution in [-0.4, -0.2) is 19.9 Å². The Bertz CT molecular complexity index is 741. The first-order chi connectivity index (χ1) is 9.36. The standard InChI is InChI=1S/C13H10N6/c14-6-10-18-11-12(16-8-17-13(11)19-10)15-7-9-4-2-1-3-5-9/h1-5,8H,7H2,(H2,15,16,17,18,19). The molecule has 6 nitrogen and oxygen atoms in total. The molecule has 0 radical (unpaired) electrons. The molecule has 2 N–H and O–H groups in total. The highest BCUT2D eigenvalue weighted by Gasteiger charge is 2.08. The second kappa shape index (κ2) is 4.74. The maximum Gasteiger partial charge on any atom is 0.212 e. The fourth-order valence-corrected chi connectivity index (χ4v) is 1.79. The molecule has 0 aliphatic carbocycles. The van der Waals surface area contributed by atoms with Crippen molar-refractivity contribution in [1.29, 1.82) is 5.26 Å². The Morgan fingerprint density at radius 1 is 1.21 bits per heavy atom. The number of imidazole rings is 1. The average molecular weight is 250 g/mol. The van der Waals surface area contributed by atoms with E-state index in [1.807, 2.05) is 36.4 Å². The Kier molecular flexibility index (Phi) is 2.79. The minimum Gasteiger partial charge on any atom is -0.364 e. The van der Waals surface area contributed by atoms with Crippen molar-refractivity contribution in [3.05, 3.63) is 48.0 Å². The maximum absolute atomic E-state index is 8.83. The quantitative estimate of drug-likeness (QED) is 0.740. The van der Waals surface area contributed by atoms with Gasteiger partial charge in [-0.2, -0.15) is 5.26 Å². The average Bonchev–Trinajstić information content (AvgIpc) is 2.90. The van der Waals surface area contributed by atoms with Gasteiger partial charge < -0.3 is 10.3 Å². The van der Waals surface area contributed by atoms with Crippen LogP contribution < -0.4 is 5.32 Å². The molecule has 2 heterocycles. The molecule has 0 amide bonds. The monoisotopic (exact) mass is 250 g/mol. The summed E-state index contributed by atoms with van der Waals surface area (Å²) >= 11 is 0. The lowest BCUT2D eigenvalue weighted by Gasteiger charge is -2.05. The summed E-state index contributed by atoms with van der Waals surface area (Å²) in [6.45, 7) is 0.641. The third-order valence-corrected chi connectivity index (χ3v) is 2.69. The highest BCUT2D eigenvalue weighted by Crippen LogP contribution is 2.17. The van der Waals surface area contributed by atoms with E-state index in [1.54, 1.807) is 0 Å². The molecule has 3 aromatic rings. The lowest BCUT2D eigenvalue weighted by atomic mass is 10.2. The number of nitriles is 1. The van der Waals surface area contributed by atoms with Crippen LogP contribution >= 0.6 is 0 Å². The van der Waals surface area contributed by atoms with Crippen molar-refractivity contribution >= 4 is 17.0 Å². The number of aromatic amines is 1. The topological polar surface area (TPSA) is 90.3 Å². The number of fused-ring (bicyclic) bond motifs is 1. The van der Waals surface area contributed by atoms with Crippen molar-refractivity contribution in [3.63, 3.8) is 0 Å². The molecule has 2 aromatic heterocycles. The first kappa shape index (κ1) is 11.2. The van der Waals surface area contributed by atoms with Crippen LogP contribution in [0.5, 0.6) is 0 Å². The molecule has 3 rings (SSSR count). The molecule has 0 unspecified atom stereocenters. The third-order valence-electron chi connectivity index (χ3n) is 2.69. The van der Waals surface area contributed by atoms with Gasteiger partial charge in [-0.25, -0.2) is 15.0 Å². The van der Waals surface area contributed by atoms with Gasteiger partial charge in [0.1, 0.15) is 12.4 Å². The van der Waals surface area contributed by atoms with E-state index in [9.17, 15) is 0 Å². The molecule has 19 heavy (non-hydrogen) atoms. The van der Waals surface area contributed by atoms with Crippen LogP contribution in [0.4, 0.5) is 5.82 Å². The van der Waals surface area contributed by atoms with Crippen molar-refractivity contribution in [1.82, 2.24) is 19.9 Å². The summed E-state index contributed by atoms with van der Waals surface area (Å²) in [5, 5.41) is 12.0. The van der Waals surface area contributed by atoms with Gasteiger partial charge in [-0.1, -0.05) is 30.3 Å². The number of nitrogens with zero attached hydrogens (tertiary/aromatic N) is 4. The highest BCUT2D eigenvalue weighted by molar-refractivity contribution is 5.82. The van der Waals surface area contributed by atoms with Gasteiger partial charge in [0, 0.05) is 6.54 Å².